The van der Waals surface area contributed by atoms with Crippen LogP contribution in [0.15, 0.2) is 22.5 Å². The number of piperidine rings is 1. The van der Waals surface area contributed by atoms with E-state index < -0.39 is 0 Å². The first-order valence-corrected chi connectivity index (χ1v) is 11.3. The Balaban J connectivity index is 2.07. The van der Waals surface area contributed by atoms with Crippen molar-refractivity contribution in [2.75, 3.05) is 40.3 Å². The number of likely N-dealkylation sites (tertiary alicyclic amines) is 1. The summed E-state index contributed by atoms with van der Waals surface area (Å²) in [5.41, 5.74) is 0. The molecule has 1 saturated heterocycles. The molecular weight excluding hydrogens is 370 g/mol. The summed E-state index contributed by atoms with van der Waals surface area (Å²) in [6.07, 6.45) is 3.51. The molecule has 2 unspecified atom stereocenters. The molecule has 1 aromatic rings. The summed E-state index contributed by atoms with van der Waals surface area (Å²) in [4.78, 5) is 22.0. The highest BCUT2D eigenvalue weighted by Gasteiger charge is 2.25. The molecule has 2 rings (SSSR count). The summed E-state index contributed by atoms with van der Waals surface area (Å²) in [6, 6.07) is 4.99. The Hall–Kier alpha value is -1.60. The number of nitrogens with zero attached hydrogens (tertiary/aromatic N) is 3. The first kappa shape index (κ1) is 22.7. The summed E-state index contributed by atoms with van der Waals surface area (Å²) in [5, 5.41) is 9.08. The Morgan fingerprint density at radius 1 is 1.39 bits per heavy atom. The molecule has 1 amide bonds. The lowest BCUT2D eigenvalue weighted by molar-refractivity contribution is -0.127. The number of thiophene rings is 1. The van der Waals surface area contributed by atoms with Gasteiger partial charge in [-0.2, -0.15) is 0 Å². The molecule has 2 heterocycles. The zero-order valence-electron chi connectivity index (χ0n) is 18.1. The summed E-state index contributed by atoms with van der Waals surface area (Å²) >= 11 is 1.81. The number of hydrogen-bond donors (Lipinski definition) is 2. The number of rotatable bonds is 8. The van der Waals surface area contributed by atoms with E-state index in [-0.39, 0.29) is 12.5 Å². The van der Waals surface area contributed by atoms with Gasteiger partial charge in [0.25, 0.3) is 0 Å². The van der Waals surface area contributed by atoms with Crippen LogP contribution in [0.3, 0.4) is 0 Å². The standard InChI is InChI=1S/C21H37N5OS/c1-6-17(3)24-21(23-15-20(27)25(4)5)22-14-18(19-8-7-13-28-19)26-11-9-16(2)10-12-26/h7-8,13,16-18H,6,9-12,14-15H2,1-5H3,(H2,22,23,24). The highest BCUT2D eigenvalue weighted by molar-refractivity contribution is 7.10. The van der Waals surface area contributed by atoms with E-state index in [9.17, 15) is 4.79 Å². The molecule has 0 saturated carbocycles. The normalized spacial score (nSPS) is 18.5. The average molecular weight is 408 g/mol. The second-order valence-corrected chi connectivity index (χ2v) is 9.02. The molecule has 0 spiro atoms. The predicted molar refractivity (Wildman–Crippen MR) is 119 cm³/mol. The van der Waals surface area contributed by atoms with Crippen molar-refractivity contribution in [1.29, 1.82) is 0 Å². The molecule has 2 atom stereocenters. The van der Waals surface area contributed by atoms with Gasteiger partial charge in [0.05, 0.1) is 6.04 Å². The van der Waals surface area contributed by atoms with Crippen molar-refractivity contribution in [3.05, 3.63) is 22.4 Å². The van der Waals surface area contributed by atoms with Gasteiger partial charge in [0.15, 0.2) is 5.96 Å². The molecule has 28 heavy (non-hydrogen) atoms. The lowest BCUT2D eigenvalue weighted by Crippen LogP contribution is -2.47. The third-order valence-electron chi connectivity index (χ3n) is 5.46. The lowest BCUT2D eigenvalue weighted by atomic mass is 9.97. The van der Waals surface area contributed by atoms with Crippen LogP contribution in [0, 0.1) is 5.92 Å². The number of carbonyl (C=O) groups is 1. The van der Waals surface area contributed by atoms with Crippen molar-refractivity contribution in [1.82, 2.24) is 20.4 Å². The van der Waals surface area contributed by atoms with Gasteiger partial charge in [-0.05, 0) is 56.6 Å². The van der Waals surface area contributed by atoms with Crippen LogP contribution in [-0.2, 0) is 4.79 Å². The third kappa shape index (κ3) is 7.09. The van der Waals surface area contributed by atoms with E-state index in [1.807, 2.05) is 11.3 Å². The number of hydrogen-bond acceptors (Lipinski definition) is 4. The van der Waals surface area contributed by atoms with Crippen molar-refractivity contribution in [2.24, 2.45) is 10.9 Å². The fourth-order valence-electron chi connectivity index (χ4n) is 3.20. The average Bonchev–Trinajstić information content (AvgIpc) is 3.21. The largest absolute Gasteiger partial charge is 0.354 e. The number of amides is 1. The van der Waals surface area contributed by atoms with Gasteiger partial charge in [0.1, 0.15) is 6.54 Å². The van der Waals surface area contributed by atoms with Crippen LogP contribution < -0.4 is 10.6 Å². The van der Waals surface area contributed by atoms with E-state index in [2.05, 4.69) is 58.8 Å². The van der Waals surface area contributed by atoms with Crippen molar-refractivity contribution < 1.29 is 4.79 Å². The van der Waals surface area contributed by atoms with Gasteiger partial charge in [0.2, 0.25) is 5.91 Å². The molecule has 0 aromatic carbocycles. The Labute approximate surface area is 174 Å². The summed E-state index contributed by atoms with van der Waals surface area (Å²) < 4.78 is 0. The van der Waals surface area contributed by atoms with Crippen LogP contribution in [0.1, 0.15) is 51.0 Å². The maximum atomic E-state index is 12.0. The molecule has 1 aliphatic rings. The minimum Gasteiger partial charge on any atom is -0.354 e. The molecule has 0 radical (unpaired) electrons. The number of nitrogens with one attached hydrogen (secondary N) is 2. The zero-order chi connectivity index (χ0) is 20.5. The molecule has 0 aliphatic carbocycles. The molecule has 2 N–H and O–H groups in total. The van der Waals surface area contributed by atoms with Crippen molar-refractivity contribution in [3.63, 3.8) is 0 Å². The molecule has 0 bridgehead atoms. The van der Waals surface area contributed by atoms with Crippen molar-refractivity contribution in [2.45, 2.75) is 52.1 Å². The molecule has 1 aliphatic heterocycles. The van der Waals surface area contributed by atoms with E-state index >= 15 is 0 Å². The van der Waals surface area contributed by atoms with E-state index in [0.717, 1.165) is 37.9 Å². The second kappa shape index (κ2) is 11.4. The monoisotopic (exact) mass is 407 g/mol. The first-order valence-electron chi connectivity index (χ1n) is 10.4. The van der Waals surface area contributed by atoms with E-state index in [0.29, 0.717) is 12.1 Å². The van der Waals surface area contributed by atoms with Gasteiger partial charge in [0, 0.05) is 31.6 Å². The van der Waals surface area contributed by atoms with E-state index in [1.54, 1.807) is 19.0 Å². The molecule has 6 nitrogen and oxygen atoms in total. The van der Waals surface area contributed by atoms with Gasteiger partial charge in [-0.1, -0.05) is 19.9 Å². The fraction of sp³-hybridized carbons (Fsp3) is 0.714. The Kier molecular flexibility index (Phi) is 9.25. The van der Waals surface area contributed by atoms with Gasteiger partial charge >= 0.3 is 0 Å². The Morgan fingerprint density at radius 2 is 2.11 bits per heavy atom. The smallest absolute Gasteiger partial charge is 0.243 e. The van der Waals surface area contributed by atoms with Gasteiger partial charge < -0.3 is 15.5 Å². The molecule has 1 aromatic heterocycles. The van der Waals surface area contributed by atoms with Crippen LogP contribution in [0.2, 0.25) is 0 Å². The van der Waals surface area contributed by atoms with E-state index in [4.69, 9.17) is 0 Å². The number of guanidine groups is 1. The van der Waals surface area contributed by atoms with Crippen LogP contribution in [0.4, 0.5) is 0 Å². The topological polar surface area (TPSA) is 60.0 Å². The third-order valence-corrected chi connectivity index (χ3v) is 6.43. The number of aliphatic imine (C=N–C) groups is 1. The minimum absolute atomic E-state index is 0.00470. The van der Waals surface area contributed by atoms with Crippen LogP contribution in [0.5, 0.6) is 0 Å². The van der Waals surface area contributed by atoms with Crippen LogP contribution >= 0.6 is 11.3 Å². The van der Waals surface area contributed by atoms with Crippen molar-refractivity contribution >= 4 is 23.2 Å². The van der Waals surface area contributed by atoms with Gasteiger partial charge in [-0.3, -0.25) is 9.69 Å². The number of carbonyl (C=O) groups excluding carboxylic acids is 1. The quantitative estimate of drug-likeness (QED) is 0.514. The van der Waals surface area contributed by atoms with E-state index in [1.165, 1.54) is 17.7 Å². The maximum Gasteiger partial charge on any atom is 0.243 e. The van der Waals surface area contributed by atoms with Crippen LogP contribution in [0.25, 0.3) is 0 Å². The second-order valence-electron chi connectivity index (χ2n) is 8.04. The maximum absolute atomic E-state index is 12.0. The Bertz CT molecular complexity index is 608. The van der Waals surface area contributed by atoms with Crippen molar-refractivity contribution in [3.8, 4) is 0 Å². The lowest BCUT2D eigenvalue weighted by Gasteiger charge is -2.36. The highest BCUT2D eigenvalue weighted by Crippen LogP contribution is 2.29. The molecular formula is C21H37N5OS. The summed E-state index contributed by atoms with van der Waals surface area (Å²) in [6.45, 7) is 9.83. The van der Waals surface area contributed by atoms with Gasteiger partial charge in [-0.25, -0.2) is 4.99 Å². The summed E-state index contributed by atoms with van der Waals surface area (Å²) in [5.74, 6) is 1.54. The summed E-state index contributed by atoms with van der Waals surface area (Å²) in [7, 11) is 3.52. The fourth-order valence-corrected chi connectivity index (χ4v) is 4.06. The highest BCUT2D eigenvalue weighted by atomic mass is 32.1. The SMILES string of the molecule is CCC(C)NC(=NCC(=O)N(C)C)NCC(c1cccs1)N1CCC(C)CC1. The minimum atomic E-state index is 0.00470. The molecule has 158 valence electrons. The molecule has 7 heteroatoms. The van der Waals surface area contributed by atoms with Crippen LogP contribution in [-0.4, -0.2) is 68.0 Å². The zero-order valence-corrected chi connectivity index (χ0v) is 18.9. The van der Waals surface area contributed by atoms with Gasteiger partial charge in [-0.15, -0.1) is 11.3 Å². The first-order chi connectivity index (χ1) is 13.4. The number of likely N-dealkylation sites (N-methyl/N-ethyl adjacent to an activating group) is 1. The Morgan fingerprint density at radius 3 is 2.68 bits per heavy atom. The predicted octanol–water partition coefficient (Wildman–Crippen LogP) is 2.94. The molecule has 1 fully saturated rings.